The van der Waals surface area contributed by atoms with E-state index in [1.54, 1.807) is 0 Å². The summed E-state index contributed by atoms with van der Waals surface area (Å²) in [5.74, 6) is -3.49. The third-order valence-electron chi connectivity index (χ3n) is 2.13. The second kappa shape index (κ2) is 4.69. The number of aliphatic carboxylic acids is 1. The molecule has 0 aliphatic rings. The number of benzene rings is 1. The Morgan fingerprint density at radius 3 is 2.47 bits per heavy atom. The Balaban J connectivity index is 3.15. The number of carboxylic acid groups (broad SMARTS) is 2. The lowest BCUT2D eigenvalue weighted by Crippen LogP contribution is -2.26. The van der Waals surface area contributed by atoms with E-state index < -0.39 is 23.3 Å². The first kappa shape index (κ1) is 12.8. The van der Waals surface area contributed by atoms with Crippen LogP contribution in [0.5, 0.6) is 0 Å². The SMILES string of the molecule is CN(CC(=O)O)c1cc(F)c(C(=O)O)cc1N. The van der Waals surface area contributed by atoms with Crippen LogP contribution in [0.3, 0.4) is 0 Å². The number of hydrogen-bond acceptors (Lipinski definition) is 4. The molecule has 0 aromatic heterocycles. The predicted octanol–water partition coefficient (Wildman–Crippen LogP) is 0.627. The predicted molar refractivity (Wildman–Crippen MR) is 58.7 cm³/mol. The molecule has 7 heteroatoms. The monoisotopic (exact) mass is 242 g/mol. The van der Waals surface area contributed by atoms with Crippen LogP contribution >= 0.6 is 0 Å². The van der Waals surface area contributed by atoms with Crippen molar-refractivity contribution in [1.82, 2.24) is 0 Å². The fraction of sp³-hybridized carbons (Fsp3) is 0.200. The number of rotatable bonds is 4. The Kier molecular flexibility index (Phi) is 3.52. The fourth-order valence-corrected chi connectivity index (χ4v) is 1.36. The van der Waals surface area contributed by atoms with Gasteiger partial charge in [-0.05, 0) is 6.07 Å². The van der Waals surface area contributed by atoms with Crippen LogP contribution in [0.4, 0.5) is 15.8 Å². The normalized spacial score (nSPS) is 10.0. The maximum atomic E-state index is 13.4. The van der Waals surface area contributed by atoms with Crippen LogP contribution in [0.25, 0.3) is 0 Å². The number of hydrogen-bond donors (Lipinski definition) is 3. The number of halogens is 1. The Hall–Kier alpha value is -2.31. The van der Waals surface area contributed by atoms with Gasteiger partial charge >= 0.3 is 11.9 Å². The van der Waals surface area contributed by atoms with Crippen molar-refractivity contribution in [3.8, 4) is 0 Å². The molecule has 0 heterocycles. The molecular weight excluding hydrogens is 231 g/mol. The minimum atomic E-state index is -1.43. The van der Waals surface area contributed by atoms with Crippen LogP contribution < -0.4 is 10.6 Å². The first-order valence-corrected chi connectivity index (χ1v) is 4.58. The minimum Gasteiger partial charge on any atom is -0.480 e. The number of anilines is 2. The molecule has 0 saturated carbocycles. The highest BCUT2D eigenvalue weighted by atomic mass is 19.1. The van der Waals surface area contributed by atoms with Crippen LogP contribution in [0, 0.1) is 5.82 Å². The molecule has 0 saturated heterocycles. The molecule has 1 aromatic rings. The van der Waals surface area contributed by atoms with E-state index in [1.807, 2.05) is 0 Å². The summed E-state index contributed by atoms with van der Waals surface area (Å²) in [5, 5.41) is 17.2. The van der Waals surface area contributed by atoms with Crippen molar-refractivity contribution in [3.05, 3.63) is 23.5 Å². The zero-order valence-electron chi connectivity index (χ0n) is 8.98. The Labute approximate surface area is 96.1 Å². The molecule has 0 spiro atoms. The van der Waals surface area contributed by atoms with Crippen LogP contribution in [-0.4, -0.2) is 35.7 Å². The van der Waals surface area contributed by atoms with Gasteiger partial charge in [0.25, 0.3) is 0 Å². The van der Waals surface area contributed by atoms with Crippen LogP contribution in [-0.2, 0) is 4.79 Å². The lowest BCUT2D eigenvalue weighted by Gasteiger charge is -2.19. The van der Waals surface area contributed by atoms with Gasteiger partial charge in [-0.15, -0.1) is 0 Å². The van der Waals surface area contributed by atoms with E-state index in [-0.39, 0.29) is 17.9 Å². The third-order valence-corrected chi connectivity index (χ3v) is 2.13. The largest absolute Gasteiger partial charge is 0.480 e. The van der Waals surface area contributed by atoms with Crippen molar-refractivity contribution in [2.75, 3.05) is 24.2 Å². The number of nitrogens with zero attached hydrogens (tertiary/aromatic N) is 1. The van der Waals surface area contributed by atoms with Gasteiger partial charge < -0.3 is 20.8 Å². The highest BCUT2D eigenvalue weighted by Crippen LogP contribution is 2.25. The second-order valence-electron chi connectivity index (χ2n) is 3.45. The van der Waals surface area contributed by atoms with Gasteiger partial charge in [0, 0.05) is 13.1 Å². The first-order valence-electron chi connectivity index (χ1n) is 4.58. The number of aromatic carboxylic acids is 1. The van der Waals surface area contributed by atoms with E-state index in [4.69, 9.17) is 15.9 Å². The van der Waals surface area contributed by atoms with E-state index in [2.05, 4.69) is 0 Å². The molecule has 0 radical (unpaired) electrons. The van der Waals surface area contributed by atoms with E-state index in [0.717, 1.165) is 12.1 Å². The average Bonchev–Trinajstić information content (AvgIpc) is 2.19. The summed E-state index contributed by atoms with van der Waals surface area (Å²) in [6, 6.07) is 1.87. The molecule has 0 bridgehead atoms. The molecule has 0 unspecified atom stereocenters. The highest BCUT2D eigenvalue weighted by molar-refractivity contribution is 5.91. The zero-order chi connectivity index (χ0) is 13.2. The molecule has 4 N–H and O–H groups in total. The first-order chi connectivity index (χ1) is 7.82. The molecule has 6 nitrogen and oxygen atoms in total. The zero-order valence-corrected chi connectivity index (χ0v) is 8.98. The van der Waals surface area contributed by atoms with Crippen LogP contribution in [0.2, 0.25) is 0 Å². The number of carbonyl (C=O) groups is 2. The van der Waals surface area contributed by atoms with Crippen LogP contribution in [0.15, 0.2) is 12.1 Å². The van der Waals surface area contributed by atoms with E-state index in [9.17, 15) is 14.0 Å². The average molecular weight is 242 g/mol. The summed E-state index contributed by atoms with van der Waals surface area (Å²) in [7, 11) is 1.42. The summed E-state index contributed by atoms with van der Waals surface area (Å²) < 4.78 is 13.4. The fourth-order valence-electron chi connectivity index (χ4n) is 1.36. The Morgan fingerprint density at radius 2 is 2.00 bits per heavy atom. The molecule has 0 fully saturated rings. The quantitative estimate of drug-likeness (QED) is 0.669. The summed E-state index contributed by atoms with van der Waals surface area (Å²) in [5.41, 5.74) is 5.13. The Bertz CT molecular complexity index is 476. The summed E-state index contributed by atoms with van der Waals surface area (Å²) in [4.78, 5) is 22.3. The standard InChI is InChI=1S/C10H11FN2O4/c1-13(4-9(14)15)8-3-6(11)5(10(16)17)2-7(8)12/h2-3H,4,12H2,1H3,(H,14,15)(H,16,17). The van der Waals surface area contributed by atoms with Gasteiger partial charge in [-0.3, -0.25) is 4.79 Å². The molecule has 0 aliphatic carbocycles. The highest BCUT2D eigenvalue weighted by Gasteiger charge is 2.16. The van der Waals surface area contributed by atoms with Crippen molar-refractivity contribution in [3.63, 3.8) is 0 Å². The number of carboxylic acids is 2. The summed E-state index contributed by atoms with van der Waals surface area (Å²) in [6.07, 6.45) is 0. The molecule has 0 atom stereocenters. The van der Waals surface area contributed by atoms with Crippen molar-refractivity contribution in [2.24, 2.45) is 0 Å². The van der Waals surface area contributed by atoms with Crippen molar-refractivity contribution < 1.29 is 24.2 Å². The van der Waals surface area contributed by atoms with Crippen LogP contribution in [0.1, 0.15) is 10.4 Å². The summed E-state index contributed by atoms with van der Waals surface area (Å²) in [6.45, 7) is -0.365. The van der Waals surface area contributed by atoms with Crippen molar-refractivity contribution in [2.45, 2.75) is 0 Å². The van der Waals surface area contributed by atoms with Gasteiger partial charge in [0.2, 0.25) is 0 Å². The van der Waals surface area contributed by atoms with Crippen molar-refractivity contribution >= 4 is 23.3 Å². The van der Waals surface area contributed by atoms with Gasteiger partial charge in [0.1, 0.15) is 12.4 Å². The topological polar surface area (TPSA) is 104 Å². The molecular formula is C10H11FN2O4. The summed E-state index contributed by atoms with van der Waals surface area (Å²) >= 11 is 0. The van der Waals surface area contributed by atoms with Gasteiger partial charge in [0.15, 0.2) is 0 Å². The van der Waals surface area contributed by atoms with E-state index in [1.165, 1.54) is 11.9 Å². The molecule has 1 rings (SSSR count). The van der Waals surface area contributed by atoms with E-state index in [0.29, 0.717) is 0 Å². The van der Waals surface area contributed by atoms with Gasteiger partial charge in [-0.2, -0.15) is 0 Å². The number of nitrogens with two attached hydrogens (primary N) is 1. The number of likely N-dealkylation sites (N-methyl/N-ethyl adjacent to an activating group) is 1. The molecule has 0 aliphatic heterocycles. The smallest absolute Gasteiger partial charge is 0.338 e. The molecule has 0 amide bonds. The van der Waals surface area contributed by atoms with Gasteiger partial charge in [-0.25, -0.2) is 9.18 Å². The van der Waals surface area contributed by atoms with Gasteiger partial charge in [0.05, 0.1) is 16.9 Å². The maximum absolute atomic E-state index is 13.4. The lowest BCUT2D eigenvalue weighted by atomic mass is 10.1. The van der Waals surface area contributed by atoms with Crippen molar-refractivity contribution in [1.29, 1.82) is 0 Å². The number of nitrogen functional groups attached to an aromatic ring is 1. The maximum Gasteiger partial charge on any atom is 0.338 e. The Morgan fingerprint density at radius 1 is 1.41 bits per heavy atom. The minimum absolute atomic E-state index is 0.00699. The molecule has 17 heavy (non-hydrogen) atoms. The molecule has 1 aromatic carbocycles. The lowest BCUT2D eigenvalue weighted by molar-refractivity contribution is -0.135. The second-order valence-corrected chi connectivity index (χ2v) is 3.45. The van der Waals surface area contributed by atoms with E-state index >= 15 is 0 Å². The third kappa shape index (κ3) is 2.83. The van der Waals surface area contributed by atoms with Gasteiger partial charge in [-0.1, -0.05) is 0 Å². The molecule has 92 valence electrons.